The fourth-order valence-corrected chi connectivity index (χ4v) is 3.93. The largest absolute Gasteiger partial charge is 0.301 e. The van der Waals surface area contributed by atoms with Crippen LogP contribution in [0.5, 0.6) is 0 Å². The molecule has 1 aliphatic carbocycles. The number of halogens is 1. The Kier molecular flexibility index (Phi) is 4.64. The Bertz CT molecular complexity index is 761. The molecule has 6 heteroatoms. The van der Waals surface area contributed by atoms with Crippen molar-refractivity contribution < 1.29 is 0 Å². The first-order valence-corrected chi connectivity index (χ1v) is 8.50. The molecule has 1 N–H and O–H groups in total. The van der Waals surface area contributed by atoms with E-state index in [1.54, 1.807) is 0 Å². The Hall–Kier alpha value is -1.59. The predicted octanol–water partition coefficient (Wildman–Crippen LogP) is 3.60. The van der Waals surface area contributed by atoms with Crippen LogP contribution in [0.2, 0.25) is 0 Å². The maximum atomic E-state index is 11.5. The molecule has 1 unspecified atom stereocenters. The Labute approximate surface area is 138 Å². The SMILES string of the molecule is Cc1cc(=O)[nH]c(SCC2=C(Cl)N=C3C=CC=CC2CC3)n1. The molecule has 22 heavy (non-hydrogen) atoms. The highest BCUT2D eigenvalue weighted by atomic mass is 35.5. The van der Waals surface area contributed by atoms with Crippen molar-refractivity contribution in [1.29, 1.82) is 0 Å². The molecule has 1 aliphatic heterocycles. The zero-order chi connectivity index (χ0) is 15.5. The van der Waals surface area contributed by atoms with Gasteiger partial charge in [0.2, 0.25) is 0 Å². The molecule has 0 saturated heterocycles. The number of rotatable bonds is 3. The lowest BCUT2D eigenvalue weighted by atomic mass is 9.93. The van der Waals surface area contributed by atoms with Gasteiger partial charge in [-0.3, -0.25) is 4.79 Å². The summed E-state index contributed by atoms with van der Waals surface area (Å²) in [4.78, 5) is 23.1. The van der Waals surface area contributed by atoms with Gasteiger partial charge in [-0.25, -0.2) is 9.98 Å². The number of hydrogen-bond donors (Lipinski definition) is 1. The summed E-state index contributed by atoms with van der Waals surface area (Å²) in [6.45, 7) is 1.81. The van der Waals surface area contributed by atoms with E-state index in [-0.39, 0.29) is 11.5 Å². The van der Waals surface area contributed by atoms with E-state index in [0.717, 1.165) is 24.1 Å². The molecule has 0 aromatic carbocycles. The second-order valence-electron chi connectivity index (χ2n) is 5.29. The minimum absolute atomic E-state index is 0.130. The molecule has 3 rings (SSSR count). The highest BCUT2D eigenvalue weighted by Crippen LogP contribution is 2.33. The molecule has 2 bridgehead atoms. The molecule has 0 radical (unpaired) electrons. The lowest BCUT2D eigenvalue weighted by Crippen LogP contribution is -2.10. The summed E-state index contributed by atoms with van der Waals surface area (Å²) in [5, 5.41) is 1.18. The zero-order valence-electron chi connectivity index (χ0n) is 12.2. The molecular formula is C16H16ClN3OS. The Balaban J connectivity index is 1.84. The van der Waals surface area contributed by atoms with E-state index < -0.39 is 0 Å². The third-order valence-corrected chi connectivity index (χ3v) is 4.87. The van der Waals surface area contributed by atoms with E-state index in [1.165, 1.54) is 17.8 Å². The molecule has 0 spiro atoms. The number of nitrogens with zero attached hydrogens (tertiary/aromatic N) is 2. The smallest absolute Gasteiger partial charge is 0.251 e. The van der Waals surface area contributed by atoms with Gasteiger partial charge in [-0.1, -0.05) is 41.6 Å². The highest BCUT2D eigenvalue weighted by molar-refractivity contribution is 7.99. The van der Waals surface area contributed by atoms with Crippen LogP contribution in [0, 0.1) is 12.8 Å². The van der Waals surface area contributed by atoms with Gasteiger partial charge in [-0.15, -0.1) is 0 Å². The maximum absolute atomic E-state index is 11.5. The Morgan fingerprint density at radius 2 is 2.32 bits per heavy atom. The standard InChI is InChI=1S/C16H16ClN3OS/c1-10-8-14(21)20-16(18-10)22-9-13-11-4-2-3-5-12(7-6-11)19-15(13)17/h2-5,8,11H,6-7,9H2,1H3,(H,18,20,21). The number of fused-ring (bicyclic) bond motifs is 3. The summed E-state index contributed by atoms with van der Waals surface area (Å²) in [6, 6.07) is 1.48. The van der Waals surface area contributed by atoms with Crippen molar-refractivity contribution in [2.24, 2.45) is 10.9 Å². The molecule has 1 aromatic rings. The van der Waals surface area contributed by atoms with Crippen LogP contribution in [0.1, 0.15) is 18.5 Å². The van der Waals surface area contributed by atoms with Gasteiger partial charge in [-0.05, 0) is 31.4 Å². The zero-order valence-corrected chi connectivity index (χ0v) is 13.7. The minimum atomic E-state index is -0.130. The van der Waals surface area contributed by atoms with Crippen LogP contribution in [0.15, 0.2) is 56.0 Å². The molecule has 114 valence electrons. The first-order valence-electron chi connectivity index (χ1n) is 7.13. The number of allylic oxidation sites excluding steroid dienone is 4. The van der Waals surface area contributed by atoms with Gasteiger partial charge in [0.25, 0.3) is 5.56 Å². The number of aliphatic imine (C=N–C) groups is 1. The van der Waals surface area contributed by atoms with Gasteiger partial charge in [0.05, 0.1) is 0 Å². The van der Waals surface area contributed by atoms with Crippen molar-refractivity contribution in [3.63, 3.8) is 0 Å². The summed E-state index contributed by atoms with van der Waals surface area (Å²) < 4.78 is 0. The van der Waals surface area contributed by atoms with E-state index in [2.05, 4.69) is 21.0 Å². The van der Waals surface area contributed by atoms with Crippen LogP contribution in [0.4, 0.5) is 0 Å². The van der Waals surface area contributed by atoms with E-state index in [1.807, 2.05) is 25.2 Å². The minimum Gasteiger partial charge on any atom is -0.301 e. The van der Waals surface area contributed by atoms with Crippen LogP contribution in [-0.2, 0) is 0 Å². The van der Waals surface area contributed by atoms with Crippen LogP contribution in [-0.4, -0.2) is 21.4 Å². The summed E-state index contributed by atoms with van der Waals surface area (Å²) in [5.41, 5.74) is 2.69. The van der Waals surface area contributed by atoms with Crippen molar-refractivity contribution in [1.82, 2.24) is 9.97 Å². The topological polar surface area (TPSA) is 58.1 Å². The highest BCUT2D eigenvalue weighted by Gasteiger charge is 2.21. The lowest BCUT2D eigenvalue weighted by molar-refractivity contribution is 0.702. The molecule has 2 heterocycles. The fraction of sp³-hybridized carbons (Fsp3) is 0.312. The number of aryl methyl sites for hydroxylation is 1. The average molecular weight is 334 g/mol. The van der Waals surface area contributed by atoms with Crippen LogP contribution < -0.4 is 5.56 Å². The van der Waals surface area contributed by atoms with Gasteiger partial charge in [-0.2, -0.15) is 0 Å². The third kappa shape index (κ3) is 3.59. The van der Waals surface area contributed by atoms with Crippen molar-refractivity contribution in [3.05, 3.63) is 57.1 Å². The molecule has 0 amide bonds. The third-order valence-electron chi connectivity index (χ3n) is 3.62. The summed E-state index contributed by atoms with van der Waals surface area (Å²) in [5.74, 6) is 0.944. The van der Waals surface area contributed by atoms with Crippen LogP contribution in [0.3, 0.4) is 0 Å². The van der Waals surface area contributed by atoms with Crippen molar-refractivity contribution >= 4 is 29.1 Å². The van der Waals surface area contributed by atoms with Gasteiger partial charge >= 0.3 is 0 Å². The normalized spacial score (nSPS) is 20.6. The first-order chi connectivity index (χ1) is 10.6. The van der Waals surface area contributed by atoms with Crippen LogP contribution in [0.25, 0.3) is 0 Å². The van der Waals surface area contributed by atoms with Crippen molar-refractivity contribution in [2.45, 2.75) is 24.9 Å². The predicted molar refractivity (Wildman–Crippen MR) is 91.6 cm³/mol. The Morgan fingerprint density at radius 3 is 3.14 bits per heavy atom. The van der Waals surface area contributed by atoms with E-state index >= 15 is 0 Å². The van der Waals surface area contributed by atoms with Crippen molar-refractivity contribution in [2.75, 3.05) is 5.75 Å². The average Bonchev–Trinajstić information content (AvgIpc) is 2.52. The lowest BCUT2D eigenvalue weighted by Gasteiger charge is -2.15. The van der Waals surface area contributed by atoms with Gasteiger partial charge in [0.15, 0.2) is 5.16 Å². The summed E-state index contributed by atoms with van der Waals surface area (Å²) in [6.07, 6.45) is 10.2. The molecule has 1 aromatic heterocycles. The molecular weight excluding hydrogens is 318 g/mol. The molecule has 1 atom stereocenters. The van der Waals surface area contributed by atoms with Gasteiger partial charge in [0.1, 0.15) is 5.16 Å². The number of hydrogen-bond acceptors (Lipinski definition) is 4. The quantitative estimate of drug-likeness (QED) is 0.522. The monoisotopic (exact) mass is 333 g/mol. The van der Waals surface area contributed by atoms with E-state index in [0.29, 0.717) is 21.8 Å². The maximum Gasteiger partial charge on any atom is 0.251 e. The second kappa shape index (κ2) is 6.67. The number of H-pyrrole nitrogens is 1. The number of aromatic amines is 1. The van der Waals surface area contributed by atoms with Crippen molar-refractivity contribution in [3.8, 4) is 0 Å². The van der Waals surface area contributed by atoms with E-state index in [9.17, 15) is 4.79 Å². The van der Waals surface area contributed by atoms with Gasteiger partial charge < -0.3 is 4.98 Å². The molecule has 4 nitrogen and oxygen atoms in total. The number of aromatic nitrogens is 2. The fourth-order valence-electron chi connectivity index (χ4n) is 2.51. The Morgan fingerprint density at radius 1 is 1.45 bits per heavy atom. The van der Waals surface area contributed by atoms with Crippen LogP contribution >= 0.6 is 23.4 Å². The summed E-state index contributed by atoms with van der Waals surface area (Å²) >= 11 is 7.90. The number of thioether (sulfide) groups is 1. The molecule has 0 fully saturated rings. The van der Waals surface area contributed by atoms with E-state index in [4.69, 9.17) is 11.6 Å². The molecule has 2 aliphatic rings. The number of nitrogens with one attached hydrogen (secondary N) is 1. The summed E-state index contributed by atoms with van der Waals surface area (Å²) in [7, 11) is 0. The second-order valence-corrected chi connectivity index (χ2v) is 6.61. The van der Waals surface area contributed by atoms with Gasteiger partial charge in [0, 0.05) is 29.1 Å². The first kappa shape index (κ1) is 15.3. The molecule has 0 saturated carbocycles.